The number of halogens is 4. The van der Waals surface area contributed by atoms with Crippen molar-refractivity contribution < 1.29 is 18.0 Å². The van der Waals surface area contributed by atoms with Crippen LogP contribution in [0, 0.1) is 0 Å². The zero-order chi connectivity index (χ0) is 13.8. The lowest BCUT2D eigenvalue weighted by Gasteiger charge is -2.08. The largest absolute Gasteiger partial charge is 0.416 e. The number of carbonyl (C=O) groups is 1. The molecular weight excluding hydrogens is 311 g/mol. The van der Waals surface area contributed by atoms with Crippen LogP contribution in [0.1, 0.15) is 18.1 Å². The van der Waals surface area contributed by atoms with E-state index in [4.69, 9.17) is 0 Å². The lowest BCUT2D eigenvalue weighted by Crippen LogP contribution is -2.19. The molecule has 1 N–H and O–H groups in total. The zero-order valence-corrected chi connectivity index (χ0v) is 11.1. The van der Waals surface area contributed by atoms with Crippen LogP contribution in [0.3, 0.4) is 0 Å². The van der Waals surface area contributed by atoms with Crippen molar-refractivity contribution >= 4 is 27.9 Å². The van der Waals surface area contributed by atoms with Crippen LogP contribution in [-0.2, 0) is 11.0 Å². The van der Waals surface area contributed by atoms with Gasteiger partial charge in [-0.2, -0.15) is 13.2 Å². The molecule has 6 heteroatoms. The summed E-state index contributed by atoms with van der Waals surface area (Å²) in [6.45, 7) is 1.64. The van der Waals surface area contributed by atoms with E-state index in [0.29, 0.717) is 10.0 Å². The maximum atomic E-state index is 12.5. The minimum atomic E-state index is -4.36. The van der Waals surface area contributed by atoms with Gasteiger partial charge in [-0.3, -0.25) is 4.79 Å². The van der Waals surface area contributed by atoms with Gasteiger partial charge in [-0.1, -0.05) is 28.1 Å². The highest BCUT2D eigenvalue weighted by molar-refractivity contribution is 9.10. The van der Waals surface area contributed by atoms with E-state index in [1.54, 1.807) is 6.08 Å². The molecule has 0 heterocycles. The summed E-state index contributed by atoms with van der Waals surface area (Å²) in [4.78, 5) is 10.6. The fourth-order valence-corrected chi connectivity index (χ4v) is 1.62. The van der Waals surface area contributed by atoms with E-state index in [2.05, 4.69) is 21.2 Å². The molecule has 0 aromatic heterocycles. The predicted molar refractivity (Wildman–Crippen MR) is 66.9 cm³/mol. The Labute approximate surface area is 111 Å². The Morgan fingerprint density at radius 1 is 1.44 bits per heavy atom. The highest BCUT2D eigenvalue weighted by atomic mass is 79.9. The second kappa shape index (κ2) is 6.04. The number of benzene rings is 1. The molecule has 0 aliphatic carbocycles. The summed E-state index contributed by atoms with van der Waals surface area (Å²) < 4.78 is 38.1. The summed E-state index contributed by atoms with van der Waals surface area (Å²) in [5, 5.41) is 2.52. The van der Waals surface area contributed by atoms with Gasteiger partial charge >= 0.3 is 6.18 Å². The van der Waals surface area contributed by atoms with Gasteiger partial charge in [-0.15, -0.1) is 0 Å². The number of hydrogen-bond acceptors (Lipinski definition) is 1. The molecule has 0 spiro atoms. The summed E-state index contributed by atoms with van der Waals surface area (Å²) >= 11 is 3.17. The summed E-state index contributed by atoms with van der Waals surface area (Å²) in [6.07, 6.45) is -1.25. The molecule has 1 rings (SSSR count). The van der Waals surface area contributed by atoms with Gasteiger partial charge in [0.15, 0.2) is 0 Å². The van der Waals surface area contributed by atoms with Crippen LogP contribution in [0.2, 0.25) is 0 Å². The van der Waals surface area contributed by atoms with E-state index in [1.165, 1.54) is 19.1 Å². The Bertz CT molecular complexity index is 469. The molecule has 0 saturated heterocycles. The molecule has 98 valence electrons. The van der Waals surface area contributed by atoms with E-state index >= 15 is 0 Å². The Morgan fingerprint density at radius 3 is 2.67 bits per heavy atom. The van der Waals surface area contributed by atoms with E-state index in [9.17, 15) is 18.0 Å². The van der Waals surface area contributed by atoms with Crippen LogP contribution >= 0.6 is 15.9 Å². The van der Waals surface area contributed by atoms with Crippen molar-refractivity contribution in [1.29, 1.82) is 0 Å². The van der Waals surface area contributed by atoms with Crippen molar-refractivity contribution in [3.05, 3.63) is 39.9 Å². The second-order valence-electron chi connectivity index (χ2n) is 3.57. The summed E-state index contributed by atoms with van der Waals surface area (Å²) in [5.74, 6) is -0.192. The molecule has 0 bridgehead atoms. The molecular formula is C12H11BrF3NO. The van der Waals surface area contributed by atoms with Crippen LogP contribution < -0.4 is 5.32 Å². The van der Waals surface area contributed by atoms with E-state index in [1.807, 2.05) is 0 Å². The van der Waals surface area contributed by atoms with Crippen LogP contribution in [0.4, 0.5) is 13.2 Å². The topological polar surface area (TPSA) is 29.1 Å². The van der Waals surface area contributed by atoms with Crippen molar-refractivity contribution in [2.24, 2.45) is 0 Å². The van der Waals surface area contributed by atoms with Crippen molar-refractivity contribution in [2.45, 2.75) is 13.1 Å². The Balaban J connectivity index is 2.85. The lowest BCUT2D eigenvalue weighted by molar-refractivity contribution is -0.137. The Hall–Kier alpha value is -1.30. The summed E-state index contributed by atoms with van der Waals surface area (Å²) in [6, 6.07) is 3.41. The molecule has 0 atom stereocenters. The fraction of sp³-hybridized carbons (Fsp3) is 0.250. The number of amides is 1. The minimum absolute atomic E-state index is 0.192. The van der Waals surface area contributed by atoms with E-state index in [-0.39, 0.29) is 12.5 Å². The standard InChI is InChI=1S/C12H11BrF3NO/c1-8(18)17-6-2-3-9-7-10(12(14,15)16)4-5-11(9)13/h2-5,7H,6H2,1H3,(H,17,18). The summed E-state index contributed by atoms with van der Waals surface area (Å²) in [5.41, 5.74) is -0.292. The first-order valence-electron chi connectivity index (χ1n) is 5.08. The lowest BCUT2D eigenvalue weighted by atomic mass is 10.1. The van der Waals surface area contributed by atoms with E-state index in [0.717, 1.165) is 12.1 Å². The van der Waals surface area contributed by atoms with Gasteiger partial charge in [-0.25, -0.2) is 0 Å². The number of carbonyl (C=O) groups excluding carboxylic acids is 1. The first kappa shape index (κ1) is 14.8. The smallest absolute Gasteiger partial charge is 0.353 e. The Morgan fingerprint density at radius 2 is 2.11 bits per heavy atom. The fourth-order valence-electron chi connectivity index (χ4n) is 1.24. The van der Waals surface area contributed by atoms with Gasteiger partial charge in [0.25, 0.3) is 0 Å². The first-order valence-corrected chi connectivity index (χ1v) is 5.87. The monoisotopic (exact) mass is 321 g/mol. The molecule has 0 unspecified atom stereocenters. The highest BCUT2D eigenvalue weighted by Crippen LogP contribution is 2.32. The van der Waals surface area contributed by atoms with Gasteiger partial charge in [-0.05, 0) is 23.8 Å². The molecule has 0 fully saturated rings. The zero-order valence-electron chi connectivity index (χ0n) is 9.51. The van der Waals surface area contributed by atoms with Crippen LogP contribution in [-0.4, -0.2) is 12.5 Å². The molecule has 0 saturated carbocycles. The summed E-state index contributed by atoms with van der Waals surface area (Å²) in [7, 11) is 0. The van der Waals surface area contributed by atoms with Gasteiger partial charge in [0, 0.05) is 17.9 Å². The van der Waals surface area contributed by atoms with Gasteiger partial charge < -0.3 is 5.32 Å². The molecule has 1 aromatic carbocycles. The number of hydrogen-bond donors (Lipinski definition) is 1. The maximum Gasteiger partial charge on any atom is 0.416 e. The third-order valence-corrected chi connectivity index (χ3v) is 2.81. The highest BCUT2D eigenvalue weighted by Gasteiger charge is 2.30. The molecule has 2 nitrogen and oxygen atoms in total. The average Bonchev–Trinajstić information content (AvgIpc) is 2.24. The third kappa shape index (κ3) is 4.52. The molecule has 1 aromatic rings. The SMILES string of the molecule is CC(=O)NCC=Cc1cc(C(F)(F)F)ccc1Br. The quantitative estimate of drug-likeness (QED) is 0.905. The van der Waals surface area contributed by atoms with Crippen molar-refractivity contribution in [2.75, 3.05) is 6.54 Å². The first-order chi connectivity index (χ1) is 8.30. The van der Waals surface area contributed by atoms with Crippen molar-refractivity contribution in [1.82, 2.24) is 5.32 Å². The third-order valence-electron chi connectivity index (χ3n) is 2.09. The number of alkyl halides is 3. The second-order valence-corrected chi connectivity index (χ2v) is 4.43. The normalized spacial score (nSPS) is 11.8. The van der Waals surface area contributed by atoms with E-state index < -0.39 is 11.7 Å². The predicted octanol–water partition coefficient (Wildman–Crippen LogP) is 3.62. The number of rotatable bonds is 3. The molecule has 0 aliphatic rings. The molecule has 1 amide bonds. The average molecular weight is 322 g/mol. The Kier molecular flexibility index (Phi) is 4.95. The van der Waals surface area contributed by atoms with Crippen LogP contribution in [0.5, 0.6) is 0 Å². The van der Waals surface area contributed by atoms with Gasteiger partial charge in [0.2, 0.25) is 5.91 Å². The number of nitrogens with one attached hydrogen (secondary N) is 1. The van der Waals surface area contributed by atoms with Crippen molar-refractivity contribution in [3.8, 4) is 0 Å². The molecule has 0 aliphatic heterocycles. The minimum Gasteiger partial charge on any atom is -0.353 e. The maximum absolute atomic E-state index is 12.5. The van der Waals surface area contributed by atoms with Gasteiger partial charge in [0.1, 0.15) is 0 Å². The molecule has 18 heavy (non-hydrogen) atoms. The van der Waals surface area contributed by atoms with Gasteiger partial charge in [0.05, 0.1) is 5.56 Å². The van der Waals surface area contributed by atoms with Crippen LogP contribution in [0.15, 0.2) is 28.7 Å². The van der Waals surface area contributed by atoms with Crippen molar-refractivity contribution in [3.63, 3.8) is 0 Å². The molecule has 0 radical (unpaired) electrons. The van der Waals surface area contributed by atoms with Crippen LogP contribution in [0.25, 0.3) is 6.08 Å².